The number of piperidine rings is 1. The Labute approximate surface area is 170 Å². The van der Waals surface area contributed by atoms with E-state index >= 15 is 0 Å². The van der Waals surface area contributed by atoms with Crippen molar-refractivity contribution >= 4 is 5.91 Å². The van der Waals surface area contributed by atoms with E-state index in [1.165, 1.54) is 5.56 Å². The first-order valence-electron chi connectivity index (χ1n) is 10.2. The molecule has 1 N–H and O–H groups in total. The zero-order chi connectivity index (χ0) is 19.8. The minimum Gasteiger partial charge on any atom is -0.479 e. The number of hydrogen-bond acceptors (Lipinski definition) is 3. The number of likely N-dealkylation sites (tertiary alicyclic amines) is 1. The van der Waals surface area contributed by atoms with Crippen molar-refractivity contribution in [3.05, 3.63) is 83.7 Å². The van der Waals surface area contributed by atoms with Crippen molar-refractivity contribution in [3.63, 3.8) is 0 Å². The van der Waals surface area contributed by atoms with Gasteiger partial charge in [0.2, 0.25) is 0 Å². The van der Waals surface area contributed by atoms with Crippen LogP contribution in [0, 0.1) is 0 Å². The van der Waals surface area contributed by atoms with E-state index in [0.717, 1.165) is 49.6 Å². The number of carbonyl (C=O) groups is 1. The van der Waals surface area contributed by atoms with Gasteiger partial charge < -0.3 is 14.6 Å². The highest BCUT2D eigenvalue weighted by atomic mass is 16.5. The number of ether oxygens (including phenoxy) is 1. The summed E-state index contributed by atoms with van der Waals surface area (Å²) in [4.78, 5) is 15.0. The summed E-state index contributed by atoms with van der Waals surface area (Å²) in [6, 6.07) is 22.6. The van der Waals surface area contributed by atoms with Gasteiger partial charge >= 0.3 is 0 Å². The van der Waals surface area contributed by atoms with Crippen molar-refractivity contribution in [2.24, 2.45) is 0 Å². The molecule has 3 aromatic rings. The number of benzene rings is 2. The van der Waals surface area contributed by atoms with E-state index in [-0.39, 0.29) is 5.91 Å². The number of aromatic nitrogens is 1. The summed E-state index contributed by atoms with van der Waals surface area (Å²) >= 11 is 0. The highest BCUT2D eigenvalue weighted by Gasteiger charge is 2.45. The lowest BCUT2D eigenvalue weighted by atomic mass is 9.86. The lowest BCUT2D eigenvalue weighted by molar-refractivity contribution is -0.0152. The second-order valence-electron chi connectivity index (χ2n) is 7.84. The van der Waals surface area contributed by atoms with Crippen molar-refractivity contribution in [1.29, 1.82) is 0 Å². The zero-order valence-electron chi connectivity index (χ0n) is 16.6. The minimum atomic E-state index is -0.395. The van der Waals surface area contributed by atoms with Gasteiger partial charge in [0, 0.05) is 39.5 Å². The van der Waals surface area contributed by atoms with Crippen LogP contribution in [0.25, 0.3) is 5.69 Å². The van der Waals surface area contributed by atoms with E-state index in [0.29, 0.717) is 5.69 Å². The molecule has 1 aromatic heterocycles. The first kappa shape index (κ1) is 18.0. The van der Waals surface area contributed by atoms with Crippen LogP contribution in [0.2, 0.25) is 0 Å². The Kier molecular flexibility index (Phi) is 4.40. The molecule has 1 fully saturated rings. The summed E-state index contributed by atoms with van der Waals surface area (Å²) in [5, 5.41) is 2.77. The van der Waals surface area contributed by atoms with E-state index in [1.807, 2.05) is 30.3 Å². The summed E-state index contributed by atoms with van der Waals surface area (Å²) in [7, 11) is 1.67. The van der Waals surface area contributed by atoms with Crippen LogP contribution in [0.3, 0.4) is 0 Å². The fraction of sp³-hybridized carbons (Fsp3) is 0.292. The molecule has 0 bridgehead atoms. The Morgan fingerprint density at radius 3 is 2.48 bits per heavy atom. The topological polar surface area (TPSA) is 46.5 Å². The van der Waals surface area contributed by atoms with E-state index in [4.69, 9.17) is 4.74 Å². The van der Waals surface area contributed by atoms with Crippen LogP contribution >= 0.6 is 0 Å². The lowest BCUT2D eigenvalue weighted by Crippen LogP contribution is -2.48. The second-order valence-corrected chi connectivity index (χ2v) is 7.84. The molecule has 2 aliphatic rings. The fourth-order valence-electron chi connectivity index (χ4n) is 4.62. The fourth-order valence-corrected chi connectivity index (χ4v) is 4.62. The molecule has 0 atom stereocenters. The standard InChI is InChI=1S/C24H25N3O2/c1-25-23(28)20-11-12-22-24(29-21-10-6-5-9-19(21)27(20)22)13-15-26(16-14-24)17-18-7-3-2-4-8-18/h2-12H,13-17H2,1H3,(H,25,28). The first-order valence-corrected chi connectivity index (χ1v) is 10.2. The molecule has 0 saturated carbocycles. The zero-order valence-corrected chi connectivity index (χ0v) is 16.6. The van der Waals surface area contributed by atoms with Gasteiger partial charge in [-0.3, -0.25) is 9.69 Å². The van der Waals surface area contributed by atoms with Gasteiger partial charge in [0.05, 0.1) is 11.4 Å². The number of rotatable bonds is 3. The van der Waals surface area contributed by atoms with Crippen molar-refractivity contribution < 1.29 is 9.53 Å². The van der Waals surface area contributed by atoms with Gasteiger partial charge in [0.15, 0.2) is 5.60 Å². The third kappa shape index (κ3) is 3.02. The summed E-state index contributed by atoms with van der Waals surface area (Å²) < 4.78 is 8.72. The number of fused-ring (bicyclic) bond motifs is 4. The molecule has 0 radical (unpaired) electrons. The molecule has 5 nitrogen and oxygen atoms in total. The maximum absolute atomic E-state index is 12.5. The Morgan fingerprint density at radius 1 is 1.00 bits per heavy atom. The van der Waals surface area contributed by atoms with Crippen molar-refractivity contribution in [2.75, 3.05) is 20.1 Å². The van der Waals surface area contributed by atoms with Crippen LogP contribution in [-0.4, -0.2) is 35.5 Å². The van der Waals surface area contributed by atoms with E-state index in [9.17, 15) is 4.79 Å². The third-order valence-electron chi connectivity index (χ3n) is 6.13. The molecular weight excluding hydrogens is 362 g/mol. The molecule has 0 aliphatic carbocycles. The van der Waals surface area contributed by atoms with Gasteiger partial charge in [-0.2, -0.15) is 0 Å². The average molecular weight is 387 g/mol. The van der Waals surface area contributed by atoms with Gasteiger partial charge in [-0.05, 0) is 29.8 Å². The highest BCUT2D eigenvalue weighted by molar-refractivity contribution is 5.93. The number of carbonyl (C=O) groups excluding carboxylic acids is 1. The van der Waals surface area contributed by atoms with Gasteiger partial charge in [-0.15, -0.1) is 0 Å². The normalized spacial score (nSPS) is 17.3. The van der Waals surface area contributed by atoms with Crippen molar-refractivity contribution in [2.45, 2.75) is 25.0 Å². The smallest absolute Gasteiger partial charge is 0.268 e. The van der Waals surface area contributed by atoms with E-state index in [2.05, 4.69) is 51.2 Å². The molecule has 1 spiro atoms. The number of hydrogen-bond donors (Lipinski definition) is 1. The number of amides is 1. The first-order chi connectivity index (χ1) is 14.2. The monoisotopic (exact) mass is 387 g/mol. The van der Waals surface area contributed by atoms with Crippen molar-refractivity contribution in [3.8, 4) is 11.4 Å². The lowest BCUT2D eigenvalue weighted by Gasteiger charge is -2.45. The Bertz CT molecular complexity index is 1030. The van der Waals surface area contributed by atoms with Crippen LogP contribution in [-0.2, 0) is 12.1 Å². The van der Waals surface area contributed by atoms with E-state index in [1.54, 1.807) is 7.05 Å². The van der Waals surface area contributed by atoms with E-state index < -0.39 is 5.60 Å². The summed E-state index contributed by atoms with van der Waals surface area (Å²) in [5.41, 5.74) is 3.61. The predicted molar refractivity (Wildman–Crippen MR) is 112 cm³/mol. The van der Waals surface area contributed by atoms with Crippen LogP contribution in [0.5, 0.6) is 5.75 Å². The molecule has 0 unspecified atom stereocenters. The summed E-state index contributed by atoms with van der Waals surface area (Å²) in [6.07, 6.45) is 1.79. The molecule has 3 heterocycles. The van der Waals surface area contributed by atoms with Gasteiger partial charge in [0.25, 0.3) is 5.91 Å². The number of nitrogens with zero attached hydrogens (tertiary/aromatic N) is 2. The minimum absolute atomic E-state index is 0.0791. The maximum atomic E-state index is 12.5. The van der Waals surface area contributed by atoms with Crippen LogP contribution < -0.4 is 10.1 Å². The molecular formula is C24H25N3O2. The largest absolute Gasteiger partial charge is 0.479 e. The Morgan fingerprint density at radius 2 is 1.72 bits per heavy atom. The van der Waals surface area contributed by atoms with Gasteiger partial charge in [-0.1, -0.05) is 42.5 Å². The quantitative estimate of drug-likeness (QED) is 0.745. The molecule has 5 rings (SSSR count). The molecule has 5 heteroatoms. The molecule has 2 aliphatic heterocycles. The molecule has 1 amide bonds. The van der Waals surface area contributed by atoms with Crippen molar-refractivity contribution in [1.82, 2.24) is 14.8 Å². The van der Waals surface area contributed by atoms with Crippen LogP contribution in [0.1, 0.15) is 34.6 Å². The molecule has 148 valence electrons. The SMILES string of the molecule is CNC(=O)c1ccc2n1-c1ccccc1OC21CCN(Cc2ccccc2)CC1. The van der Waals surface area contributed by atoms with Gasteiger partial charge in [-0.25, -0.2) is 0 Å². The molecule has 1 saturated heterocycles. The Balaban J connectivity index is 1.47. The molecule has 29 heavy (non-hydrogen) atoms. The van der Waals surface area contributed by atoms with Gasteiger partial charge in [0.1, 0.15) is 11.4 Å². The third-order valence-corrected chi connectivity index (χ3v) is 6.13. The summed E-state index contributed by atoms with van der Waals surface area (Å²) in [6.45, 7) is 2.87. The average Bonchev–Trinajstić information content (AvgIpc) is 3.22. The highest BCUT2D eigenvalue weighted by Crippen LogP contribution is 2.46. The molecule has 2 aromatic carbocycles. The second kappa shape index (κ2) is 7.08. The summed E-state index contributed by atoms with van der Waals surface area (Å²) in [5.74, 6) is 0.766. The number of nitrogens with one attached hydrogen (secondary N) is 1. The van der Waals surface area contributed by atoms with Crippen LogP contribution in [0.4, 0.5) is 0 Å². The number of para-hydroxylation sites is 2. The predicted octanol–water partition coefficient (Wildman–Crippen LogP) is 3.72. The Hall–Kier alpha value is -3.05. The maximum Gasteiger partial charge on any atom is 0.268 e. The van der Waals surface area contributed by atoms with Crippen LogP contribution in [0.15, 0.2) is 66.7 Å².